The van der Waals surface area contributed by atoms with E-state index in [2.05, 4.69) is 43.9 Å². The maximum Gasteiger partial charge on any atom is 0.187 e. The molecule has 0 aromatic heterocycles. The molecule has 0 saturated heterocycles. The summed E-state index contributed by atoms with van der Waals surface area (Å²) in [4.78, 5) is 0. The molecule has 4 nitrogen and oxygen atoms in total. The second-order valence-electron chi connectivity index (χ2n) is 4.29. The minimum atomic E-state index is -0.272. The van der Waals surface area contributed by atoms with Crippen molar-refractivity contribution in [1.82, 2.24) is 8.54 Å². The van der Waals surface area contributed by atoms with Gasteiger partial charge in [0.05, 0.1) is 0 Å². The maximum absolute atomic E-state index is 4.49. The van der Waals surface area contributed by atoms with E-state index in [-0.39, 0.29) is 21.3 Å². The van der Waals surface area contributed by atoms with Crippen molar-refractivity contribution in [1.29, 1.82) is 0 Å². The first-order valence-electron chi connectivity index (χ1n) is 6.01. The fourth-order valence-corrected chi connectivity index (χ4v) is 3.27. The van der Waals surface area contributed by atoms with Gasteiger partial charge in [0, 0.05) is 19.2 Å². The highest BCUT2D eigenvalue weighted by Crippen LogP contribution is 2.23. The predicted molar refractivity (Wildman–Crippen MR) is 82.7 cm³/mol. The van der Waals surface area contributed by atoms with Crippen molar-refractivity contribution in [2.45, 2.75) is 6.42 Å². The van der Waals surface area contributed by atoms with Gasteiger partial charge in [0.25, 0.3) is 0 Å². The normalized spacial score (nSPS) is 19.3. The zero-order valence-corrected chi connectivity index (χ0v) is 12.4. The number of halogens is 1. The van der Waals surface area contributed by atoms with Gasteiger partial charge in [-0.05, 0) is 24.1 Å². The van der Waals surface area contributed by atoms with E-state index in [4.69, 9.17) is 0 Å². The Kier molecular flexibility index (Phi) is 3.51. The van der Waals surface area contributed by atoms with E-state index < -0.39 is 0 Å². The molecule has 1 aromatic rings. The van der Waals surface area contributed by atoms with Crippen molar-refractivity contribution in [3.8, 4) is 0 Å². The van der Waals surface area contributed by atoms with Crippen LogP contribution in [0.2, 0.25) is 0 Å². The molecule has 18 heavy (non-hydrogen) atoms. The molecular weight excluding hydrogens is 339 g/mol. The number of nitrogens with one attached hydrogen (secondary N) is 1. The summed E-state index contributed by atoms with van der Waals surface area (Å²) in [6, 6.07) is 8.62. The quantitative estimate of drug-likeness (QED) is 0.655. The highest BCUT2D eigenvalue weighted by molar-refractivity contribution is 14.1. The van der Waals surface area contributed by atoms with E-state index in [1.54, 1.807) is 0 Å². The van der Waals surface area contributed by atoms with E-state index in [0.29, 0.717) is 0 Å². The van der Waals surface area contributed by atoms with Gasteiger partial charge in [-0.3, -0.25) is 0 Å². The number of amidine groups is 1. The topological polar surface area (TPSA) is 40.0 Å². The molecule has 0 saturated carbocycles. The lowest BCUT2D eigenvalue weighted by molar-refractivity contribution is 0.669. The predicted octanol–water partition coefficient (Wildman–Crippen LogP) is 2.74. The third-order valence-electron chi connectivity index (χ3n) is 3.04. The number of hydrogen-bond acceptors (Lipinski definition) is 4. The lowest BCUT2D eigenvalue weighted by Gasteiger charge is -2.14. The van der Waals surface area contributed by atoms with Crippen LogP contribution in [0, 0.1) is 0 Å². The molecule has 0 fully saturated rings. The summed E-state index contributed by atoms with van der Waals surface area (Å²) in [6.07, 6.45) is 3.38. The number of hydrogen-bond donors (Lipinski definition) is 1. The molecule has 0 unspecified atom stereocenters. The average Bonchev–Trinajstić information content (AvgIpc) is 2.87. The number of benzene rings is 1. The van der Waals surface area contributed by atoms with Gasteiger partial charge < -0.3 is 5.32 Å². The fraction of sp³-hybridized carbons (Fsp3) is 0.308. The molecule has 2 heterocycles. The molecule has 2 aliphatic heterocycles. The van der Waals surface area contributed by atoms with Crippen molar-refractivity contribution < 1.29 is 0 Å². The van der Waals surface area contributed by atoms with E-state index in [1.165, 1.54) is 11.1 Å². The van der Waals surface area contributed by atoms with Crippen molar-refractivity contribution in [3.63, 3.8) is 0 Å². The first-order valence-corrected chi connectivity index (χ1v) is 7.94. The Morgan fingerprint density at radius 2 is 2.00 bits per heavy atom. The first kappa shape index (κ1) is 12.0. The van der Waals surface area contributed by atoms with Gasteiger partial charge in [-0.2, -0.15) is 3.15 Å². The fourth-order valence-electron chi connectivity index (χ4n) is 2.08. The number of hydrazone groups is 1. The van der Waals surface area contributed by atoms with Gasteiger partial charge in [0.15, 0.2) is 5.84 Å². The highest BCUT2D eigenvalue weighted by atomic mass is 127. The second kappa shape index (κ2) is 5.27. The second-order valence-corrected chi connectivity index (χ2v) is 6.60. The smallest absolute Gasteiger partial charge is 0.187 e. The van der Waals surface area contributed by atoms with Gasteiger partial charge in [0.2, 0.25) is 0 Å². The highest BCUT2D eigenvalue weighted by Gasteiger charge is 2.10. The molecule has 5 heteroatoms. The van der Waals surface area contributed by atoms with Gasteiger partial charge in [0.1, 0.15) is 21.3 Å². The molecular formula is C13H15IN4. The van der Waals surface area contributed by atoms with Crippen molar-refractivity contribution >= 4 is 32.7 Å². The summed E-state index contributed by atoms with van der Waals surface area (Å²) in [5, 5.41) is 7.74. The molecule has 1 N–H and O–H groups in total. The van der Waals surface area contributed by atoms with Crippen LogP contribution in [0.5, 0.6) is 0 Å². The monoisotopic (exact) mass is 354 g/mol. The van der Waals surface area contributed by atoms with Crippen LogP contribution in [-0.4, -0.2) is 29.2 Å². The molecule has 2 aliphatic rings. The molecule has 94 valence electrons. The molecule has 0 radical (unpaired) electrons. The lowest BCUT2D eigenvalue weighted by Crippen LogP contribution is -2.20. The van der Waals surface area contributed by atoms with Crippen LogP contribution >= 0.6 is 21.3 Å². The Hall–Kier alpha value is -1.08. The largest absolute Gasteiger partial charge is 0.313 e. The van der Waals surface area contributed by atoms with Crippen molar-refractivity contribution in [3.05, 3.63) is 41.5 Å². The number of rotatable bonds is 2. The SMILES string of the molecule is CN1N=C(c2ccc(C3=CCNCC3)cc2)N=I1. The summed E-state index contributed by atoms with van der Waals surface area (Å²) < 4.78 is 6.45. The molecule has 3 rings (SSSR count). The van der Waals surface area contributed by atoms with Crippen LogP contribution in [0.15, 0.2) is 38.6 Å². The van der Waals surface area contributed by atoms with Crippen LogP contribution in [-0.2, 0) is 0 Å². The van der Waals surface area contributed by atoms with Crippen molar-refractivity contribution in [2.24, 2.45) is 8.25 Å². The van der Waals surface area contributed by atoms with E-state index in [9.17, 15) is 0 Å². The Morgan fingerprint density at radius 1 is 1.22 bits per heavy atom. The summed E-state index contributed by atoms with van der Waals surface area (Å²) in [6.45, 7) is 2.05. The minimum Gasteiger partial charge on any atom is -0.313 e. The summed E-state index contributed by atoms with van der Waals surface area (Å²) in [5.41, 5.74) is 3.88. The van der Waals surface area contributed by atoms with Gasteiger partial charge in [-0.1, -0.05) is 30.3 Å². The molecule has 0 aliphatic carbocycles. The Bertz CT molecular complexity index is 530. The zero-order valence-electron chi connectivity index (χ0n) is 10.2. The van der Waals surface area contributed by atoms with Gasteiger partial charge in [-0.15, -0.1) is 5.10 Å². The minimum absolute atomic E-state index is 0.272. The standard InChI is InChI=1S/C13H15IN4/c1-18-14-16-13(17-18)12-4-2-10(3-5-12)11-6-8-15-9-7-11/h2-6,15H,7-9H2,1H3. The van der Waals surface area contributed by atoms with Crippen LogP contribution in [0.25, 0.3) is 5.57 Å². The third-order valence-corrected chi connectivity index (χ3v) is 4.55. The molecule has 0 bridgehead atoms. The maximum atomic E-state index is 4.49. The first-order chi connectivity index (χ1) is 8.83. The van der Waals surface area contributed by atoms with Crippen LogP contribution in [0.4, 0.5) is 0 Å². The summed E-state index contributed by atoms with van der Waals surface area (Å²) >= 11 is -0.272. The molecule has 0 spiro atoms. The molecule has 1 aromatic carbocycles. The average molecular weight is 354 g/mol. The Balaban J connectivity index is 1.83. The van der Waals surface area contributed by atoms with E-state index >= 15 is 0 Å². The number of nitrogens with zero attached hydrogens (tertiary/aromatic N) is 3. The molecule has 0 amide bonds. The van der Waals surface area contributed by atoms with Crippen LogP contribution in [0.1, 0.15) is 17.5 Å². The Morgan fingerprint density at radius 3 is 2.61 bits per heavy atom. The Labute approximate surface area is 117 Å². The summed E-state index contributed by atoms with van der Waals surface area (Å²) in [5.74, 6) is 0.885. The summed E-state index contributed by atoms with van der Waals surface area (Å²) in [7, 11) is 1.98. The lowest BCUT2D eigenvalue weighted by atomic mass is 9.99. The zero-order chi connectivity index (χ0) is 12.4. The van der Waals surface area contributed by atoms with E-state index in [1.807, 2.05) is 10.3 Å². The van der Waals surface area contributed by atoms with Crippen molar-refractivity contribution in [2.75, 3.05) is 20.1 Å². The van der Waals surface area contributed by atoms with Gasteiger partial charge in [-0.25, -0.2) is 3.22 Å². The van der Waals surface area contributed by atoms with E-state index in [0.717, 1.165) is 30.9 Å². The third kappa shape index (κ3) is 2.51. The van der Waals surface area contributed by atoms with Crippen LogP contribution < -0.4 is 5.32 Å². The molecule has 0 atom stereocenters. The van der Waals surface area contributed by atoms with Gasteiger partial charge >= 0.3 is 0 Å². The van der Waals surface area contributed by atoms with Crippen LogP contribution in [0.3, 0.4) is 0 Å².